The number of benzene rings is 1. The first-order valence-electron chi connectivity index (χ1n) is 9.94. The highest BCUT2D eigenvalue weighted by Gasteiger charge is 2.18. The van der Waals surface area contributed by atoms with Crippen LogP contribution in [-0.4, -0.2) is 31.6 Å². The molecule has 0 saturated carbocycles. The summed E-state index contributed by atoms with van der Waals surface area (Å²) in [6.07, 6.45) is 3.40. The topological polar surface area (TPSA) is 91.7 Å². The maximum atomic E-state index is 6.19. The van der Waals surface area contributed by atoms with Gasteiger partial charge in [-0.2, -0.15) is 0 Å². The Labute approximate surface area is 189 Å². The molecule has 5 aromatic rings. The number of fused-ring (bicyclic) bond motifs is 1. The van der Waals surface area contributed by atoms with Gasteiger partial charge in [0.25, 0.3) is 0 Å². The van der Waals surface area contributed by atoms with E-state index in [4.69, 9.17) is 32.0 Å². The number of pyridine rings is 3. The molecule has 0 fully saturated rings. The number of rotatable bonds is 5. The summed E-state index contributed by atoms with van der Waals surface area (Å²) in [4.78, 5) is 18.3. The molecule has 0 amide bonds. The maximum absolute atomic E-state index is 6.19. The smallest absolute Gasteiger partial charge is 0.212 e. The lowest BCUT2D eigenvalue weighted by molar-refractivity contribution is 0.398. The number of hydrogen-bond acceptors (Lipinski definition) is 6. The molecule has 158 valence electrons. The number of anilines is 1. The van der Waals surface area contributed by atoms with Crippen LogP contribution in [0.5, 0.6) is 5.88 Å². The van der Waals surface area contributed by atoms with Crippen molar-refractivity contribution in [2.75, 3.05) is 12.8 Å². The molecule has 0 aliphatic rings. The molecule has 0 aliphatic carbocycles. The van der Waals surface area contributed by atoms with E-state index in [0.29, 0.717) is 29.0 Å². The first kappa shape index (κ1) is 20.0. The fourth-order valence-corrected chi connectivity index (χ4v) is 3.71. The Hall–Kier alpha value is -3.97. The second kappa shape index (κ2) is 8.28. The summed E-state index contributed by atoms with van der Waals surface area (Å²) in [7, 11) is 1.59. The van der Waals surface area contributed by atoms with E-state index in [-0.39, 0.29) is 0 Å². The van der Waals surface area contributed by atoms with E-state index in [2.05, 4.69) is 9.97 Å². The van der Waals surface area contributed by atoms with Gasteiger partial charge >= 0.3 is 0 Å². The van der Waals surface area contributed by atoms with Crippen LogP contribution in [-0.2, 0) is 5.88 Å². The number of alkyl halides is 1. The van der Waals surface area contributed by atoms with Gasteiger partial charge in [-0.3, -0.25) is 4.57 Å². The number of halogens is 1. The molecule has 0 bridgehead atoms. The van der Waals surface area contributed by atoms with Crippen LogP contribution in [0.15, 0.2) is 73.1 Å². The average Bonchev–Trinajstić information content (AvgIpc) is 3.23. The first-order valence-corrected chi connectivity index (χ1v) is 10.5. The predicted octanol–water partition coefficient (Wildman–Crippen LogP) is 4.87. The van der Waals surface area contributed by atoms with Crippen molar-refractivity contribution in [2.24, 2.45) is 0 Å². The van der Waals surface area contributed by atoms with Crippen molar-refractivity contribution < 1.29 is 4.74 Å². The van der Waals surface area contributed by atoms with E-state index in [1.54, 1.807) is 19.5 Å². The average molecular weight is 443 g/mol. The molecule has 0 radical (unpaired) electrons. The number of hydrogen-bond donors (Lipinski definition) is 1. The molecule has 0 saturated heterocycles. The van der Waals surface area contributed by atoms with Crippen molar-refractivity contribution >= 4 is 28.6 Å². The molecule has 5 rings (SSSR count). The number of imidazole rings is 1. The molecule has 1 aromatic carbocycles. The summed E-state index contributed by atoms with van der Waals surface area (Å²) >= 11 is 5.99. The molecule has 2 N–H and O–H groups in total. The zero-order chi connectivity index (χ0) is 22.1. The van der Waals surface area contributed by atoms with Crippen LogP contribution in [0.2, 0.25) is 0 Å². The van der Waals surface area contributed by atoms with E-state index < -0.39 is 0 Å². The van der Waals surface area contributed by atoms with Crippen molar-refractivity contribution in [3.63, 3.8) is 0 Å². The van der Waals surface area contributed by atoms with Gasteiger partial charge in [0.15, 0.2) is 11.5 Å². The van der Waals surface area contributed by atoms with E-state index in [0.717, 1.165) is 33.6 Å². The third kappa shape index (κ3) is 3.52. The lowest BCUT2D eigenvalue weighted by Crippen LogP contribution is -2.02. The number of aromatic nitrogens is 5. The highest BCUT2D eigenvalue weighted by atomic mass is 35.5. The van der Waals surface area contributed by atoms with Crippen LogP contribution in [0.1, 0.15) is 5.56 Å². The van der Waals surface area contributed by atoms with Crippen LogP contribution in [0.4, 0.5) is 5.82 Å². The number of nitrogen functional groups attached to an aromatic ring is 1. The second-order valence-electron chi connectivity index (χ2n) is 7.14. The Morgan fingerprint density at radius 3 is 2.50 bits per heavy atom. The summed E-state index contributed by atoms with van der Waals surface area (Å²) in [5.41, 5.74) is 12.0. The van der Waals surface area contributed by atoms with Crippen molar-refractivity contribution in [3.05, 3.63) is 78.6 Å². The zero-order valence-corrected chi connectivity index (χ0v) is 18.0. The summed E-state index contributed by atoms with van der Waals surface area (Å²) in [5.74, 6) is 2.07. The first-order chi connectivity index (χ1) is 15.7. The Morgan fingerprint density at radius 2 is 1.81 bits per heavy atom. The normalized spacial score (nSPS) is 11.1. The monoisotopic (exact) mass is 442 g/mol. The summed E-state index contributed by atoms with van der Waals surface area (Å²) in [6.45, 7) is 0. The van der Waals surface area contributed by atoms with Gasteiger partial charge in [0.1, 0.15) is 11.3 Å². The minimum atomic E-state index is 0.404. The van der Waals surface area contributed by atoms with Gasteiger partial charge in [-0.25, -0.2) is 19.9 Å². The van der Waals surface area contributed by atoms with Crippen molar-refractivity contribution in [1.82, 2.24) is 24.5 Å². The van der Waals surface area contributed by atoms with Crippen LogP contribution in [0, 0.1) is 0 Å². The van der Waals surface area contributed by atoms with Gasteiger partial charge in [-0.05, 0) is 48.0 Å². The Balaban J connectivity index is 1.74. The summed E-state index contributed by atoms with van der Waals surface area (Å²) in [6, 6.07) is 19.3. The van der Waals surface area contributed by atoms with Crippen molar-refractivity contribution in [3.8, 4) is 34.2 Å². The summed E-state index contributed by atoms with van der Waals surface area (Å²) in [5, 5.41) is 0. The standard InChI is InChI=1S/C24H19ClN6O/c1-32-21-11-6-16(14-28-21)19-9-10-20-24(29-19)31(17-7-4-15(13-25)5-8-17)23(30-20)18-3-2-12-27-22(18)26/h2-12,14H,13H2,1H3,(H2,26,27). The fourth-order valence-electron chi connectivity index (χ4n) is 3.54. The van der Waals surface area contributed by atoms with Crippen molar-refractivity contribution in [2.45, 2.75) is 5.88 Å². The molecule has 0 atom stereocenters. The number of nitrogens with zero attached hydrogens (tertiary/aromatic N) is 5. The second-order valence-corrected chi connectivity index (χ2v) is 7.40. The molecule has 32 heavy (non-hydrogen) atoms. The molecular weight excluding hydrogens is 424 g/mol. The highest BCUT2D eigenvalue weighted by Crippen LogP contribution is 2.31. The van der Waals surface area contributed by atoms with E-state index in [1.165, 1.54) is 0 Å². The SMILES string of the molecule is COc1ccc(-c2ccc3nc(-c4cccnc4N)n(-c4ccc(CCl)cc4)c3n2)cn1. The van der Waals surface area contributed by atoms with Crippen molar-refractivity contribution in [1.29, 1.82) is 0 Å². The molecule has 0 unspecified atom stereocenters. The van der Waals surface area contributed by atoms with E-state index >= 15 is 0 Å². The Kier molecular flexibility index (Phi) is 5.17. The quantitative estimate of drug-likeness (QED) is 0.390. The zero-order valence-electron chi connectivity index (χ0n) is 17.2. The Bertz CT molecular complexity index is 1400. The van der Waals surface area contributed by atoms with Gasteiger partial charge in [0.05, 0.1) is 18.4 Å². The highest BCUT2D eigenvalue weighted by molar-refractivity contribution is 6.17. The lowest BCUT2D eigenvalue weighted by Gasteiger charge is -2.11. The molecule has 0 spiro atoms. The predicted molar refractivity (Wildman–Crippen MR) is 126 cm³/mol. The minimum absolute atomic E-state index is 0.404. The number of methoxy groups -OCH3 is 1. The molecule has 4 aromatic heterocycles. The fraction of sp³-hybridized carbons (Fsp3) is 0.0833. The van der Waals surface area contributed by atoms with Crippen LogP contribution < -0.4 is 10.5 Å². The molecule has 4 heterocycles. The van der Waals surface area contributed by atoms with E-state index in [1.807, 2.05) is 65.2 Å². The van der Waals surface area contributed by atoms with Gasteiger partial charge < -0.3 is 10.5 Å². The Morgan fingerprint density at radius 1 is 0.969 bits per heavy atom. The van der Waals surface area contributed by atoms with Crippen LogP contribution in [0.3, 0.4) is 0 Å². The maximum Gasteiger partial charge on any atom is 0.212 e. The summed E-state index contributed by atoms with van der Waals surface area (Å²) < 4.78 is 7.15. The van der Waals surface area contributed by atoms with Gasteiger partial charge in [-0.15, -0.1) is 11.6 Å². The van der Waals surface area contributed by atoms with E-state index in [9.17, 15) is 0 Å². The molecule has 7 nitrogen and oxygen atoms in total. The van der Waals surface area contributed by atoms with Gasteiger partial charge in [0.2, 0.25) is 5.88 Å². The third-order valence-corrected chi connectivity index (χ3v) is 5.48. The third-order valence-electron chi connectivity index (χ3n) is 5.17. The van der Waals surface area contributed by atoms with Crippen LogP contribution >= 0.6 is 11.6 Å². The van der Waals surface area contributed by atoms with Gasteiger partial charge in [0, 0.05) is 35.6 Å². The molecule has 0 aliphatic heterocycles. The van der Waals surface area contributed by atoms with Crippen LogP contribution in [0.25, 0.3) is 39.5 Å². The molecule has 8 heteroatoms. The van der Waals surface area contributed by atoms with Gasteiger partial charge in [-0.1, -0.05) is 12.1 Å². The number of ether oxygens (including phenoxy) is 1. The minimum Gasteiger partial charge on any atom is -0.481 e. The molecular formula is C24H19ClN6O. The number of nitrogens with two attached hydrogens (primary N) is 1. The largest absolute Gasteiger partial charge is 0.481 e. The lowest BCUT2D eigenvalue weighted by atomic mass is 10.2.